The molecule has 1 aromatic rings. The predicted molar refractivity (Wildman–Crippen MR) is 80.1 cm³/mol. The van der Waals surface area contributed by atoms with Gasteiger partial charge in [-0.3, -0.25) is 0 Å². The molecule has 0 fully saturated rings. The van der Waals surface area contributed by atoms with Gasteiger partial charge in [0.25, 0.3) is 0 Å². The van der Waals surface area contributed by atoms with Crippen molar-refractivity contribution in [3.05, 3.63) is 35.1 Å². The molecule has 1 aromatic carbocycles. The number of carbonyl (C=O) groups excluding carboxylic acids is 1. The molecular formula is C16H19ClF4O2. The lowest BCUT2D eigenvalue weighted by atomic mass is 10.1. The predicted octanol–water partition coefficient (Wildman–Crippen LogP) is 5.58. The van der Waals surface area contributed by atoms with Crippen LogP contribution < -0.4 is 0 Å². The zero-order chi connectivity index (χ0) is 17.3. The Morgan fingerprint density at radius 1 is 1.04 bits per heavy atom. The molecule has 0 saturated heterocycles. The Balaban J connectivity index is 2.41. The Hall–Kier alpha value is -1.30. The molecule has 0 aliphatic rings. The number of rotatable bonds is 9. The van der Waals surface area contributed by atoms with Gasteiger partial charge in [0.05, 0.1) is 17.7 Å². The molecule has 0 aliphatic heterocycles. The van der Waals surface area contributed by atoms with Crippen molar-refractivity contribution in [2.45, 2.75) is 44.7 Å². The average molecular weight is 355 g/mol. The van der Waals surface area contributed by atoms with Gasteiger partial charge in [0.1, 0.15) is 5.82 Å². The zero-order valence-electron chi connectivity index (χ0n) is 12.6. The van der Waals surface area contributed by atoms with Crippen LogP contribution in [0.2, 0.25) is 0 Å². The molecule has 7 heteroatoms. The molecule has 0 radical (unpaired) electrons. The van der Waals surface area contributed by atoms with E-state index >= 15 is 0 Å². The molecule has 0 aromatic heterocycles. The van der Waals surface area contributed by atoms with Crippen LogP contribution >= 0.6 is 11.6 Å². The van der Waals surface area contributed by atoms with E-state index in [1.165, 1.54) is 0 Å². The smallest absolute Gasteiger partial charge is 0.419 e. The fraction of sp³-hybridized carbons (Fsp3) is 0.562. The van der Waals surface area contributed by atoms with Crippen LogP contribution in [0, 0.1) is 5.82 Å². The lowest BCUT2D eigenvalue weighted by Gasteiger charge is -2.11. The Bertz CT molecular complexity index is 503. The highest BCUT2D eigenvalue weighted by Crippen LogP contribution is 2.32. The number of carbonyl (C=O) groups is 1. The summed E-state index contributed by atoms with van der Waals surface area (Å²) in [6, 6.07) is 2.56. The van der Waals surface area contributed by atoms with E-state index in [2.05, 4.69) is 0 Å². The number of esters is 1. The average Bonchev–Trinajstić information content (AvgIpc) is 2.48. The summed E-state index contributed by atoms with van der Waals surface area (Å²) in [5, 5.41) is 0. The quantitative estimate of drug-likeness (QED) is 0.250. The molecule has 0 bridgehead atoms. The fourth-order valence-electron chi connectivity index (χ4n) is 2.05. The third-order valence-electron chi connectivity index (χ3n) is 3.29. The van der Waals surface area contributed by atoms with Gasteiger partial charge >= 0.3 is 12.1 Å². The van der Waals surface area contributed by atoms with Crippen molar-refractivity contribution in [3.8, 4) is 0 Å². The fourth-order valence-corrected chi connectivity index (χ4v) is 2.24. The van der Waals surface area contributed by atoms with Crippen LogP contribution in [0.3, 0.4) is 0 Å². The maximum absolute atomic E-state index is 13.7. The van der Waals surface area contributed by atoms with Crippen LogP contribution in [0.4, 0.5) is 17.6 Å². The largest absolute Gasteiger partial charge is 0.462 e. The highest BCUT2D eigenvalue weighted by molar-refractivity contribution is 6.17. The second-order valence-electron chi connectivity index (χ2n) is 5.11. The summed E-state index contributed by atoms with van der Waals surface area (Å²) in [4.78, 5) is 11.7. The van der Waals surface area contributed by atoms with Gasteiger partial charge in [-0.1, -0.05) is 31.7 Å². The van der Waals surface area contributed by atoms with Gasteiger partial charge in [-0.2, -0.15) is 13.2 Å². The number of hydrogen-bond donors (Lipinski definition) is 0. The van der Waals surface area contributed by atoms with Gasteiger partial charge in [0.2, 0.25) is 0 Å². The van der Waals surface area contributed by atoms with Gasteiger partial charge < -0.3 is 4.74 Å². The van der Waals surface area contributed by atoms with E-state index in [4.69, 9.17) is 16.3 Å². The SMILES string of the molecule is O=C(OCCCCCCCCCl)c1cccc(C(F)(F)F)c1F. The van der Waals surface area contributed by atoms with Crippen molar-refractivity contribution in [3.63, 3.8) is 0 Å². The molecule has 0 aliphatic carbocycles. The summed E-state index contributed by atoms with van der Waals surface area (Å²) >= 11 is 5.55. The molecule has 0 unspecified atom stereocenters. The first-order valence-electron chi connectivity index (χ1n) is 7.46. The Labute approximate surface area is 137 Å². The monoisotopic (exact) mass is 354 g/mol. The van der Waals surface area contributed by atoms with Gasteiger partial charge in [0.15, 0.2) is 0 Å². The van der Waals surface area contributed by atoms with Crippen molar-refractivity contribution in [1.82, 2.24) is 0 Å². The minimum absolute atomic E-state index is 0.0595. The first-order chi connectivity index (χ1) is 10.9. The summed E-state index contributed by atoms with van der Waals surface area (Å²) in [5.41, 5.74) is -2.16. The lowest BCUT2D eigenvalue weighted by molar-refractivity contribution is -0.140. The Morgan fingerprint density at radius 2 is 1.65 bits per heavy atom. The maximum Gasteiger partial charge on any atom is 0.419 e. The van der Waals surface area contributed by atoms with E-state index in [-0.39, 0.29) is 6.61 Å². The summed E-state index contributed by atoms with van der Waals surface area (Å²) in [5.74, 6) is -2.03. The first-order valence-corrected chi connectivity index (χ1v) is 8.00. The molecule has 0 atom stereocenters. The Kier molecular flexibility index (Phi) is 8.37. The van der Waals surface area contributed by atoms with Crippen LogP contribution in [0.25, 0.3) is 0 Å². The van der Waals surface area contributed by atoms with E-state index < -0.39 is 29.1 Å². The third-order valence-corrected chi connectivity index (χ3v) is 3.55. The molecule has 0 N–H and O–H groups in total. The van der Waals surface area contributed by atoms with Crippen LogP contribution in [-0.4, -0.2) is 18.5 Å². The van der Waals surface area contributed by atoms with Gasteiger partial charge in [-0.05, 0) is 25.0 Å². The number of benzene rings is 1. The zero-order valence-corrected chi connectivity index (χ0v) is 13.4. The Morgan fingerprint density at radius 3 is 2.26 bits per heavy atom. The third kappa shape index (κ3) is 6.77. The normalized spacial score (nSPS) is 11.5. The van der Waals surface area contributed by atoms with Gasteiger partial charge in [0, 0.05) is 5.88 Å². The second kappa shape index (κ2) is 9.75. The summed E-state index contributed by atoms with van der Waals surface area (Å²) in [6.45, 7) is 0.0595. The van der Waals surface area contributed by atoms with E-state index in [9.17, 15) is 22.4 Å². The molecule has 0 amide bonds. The molecule has 0 spiro atoms. The van der Waals surface area contributed by atoms with E-state index in [0.717, 1.165) is 44.2 Å². The highest BCUT2D eigenvalue weighted by Gasteiger charge is 2.35. The van der Waals surface area contributed by atoms with Crippen LogP contribution in [0.1, 0.15) is 54.4 Å². The molecule has 0 heterocycles. The molecule has 130 valence electrons. The summed E-state index contributed by atoms with van der Waals surface area (Å²) < 4.78 is 56.3. The summed E-state index contributed by atoms with van der Waals surface area (Å²) in [7, 11) is 0. The van der Waals surface area contributed by atoms with Crippen LogP contribution in [0.5, 0.6) is 0 Å². The standard InChI is InChI=1S/C16H19ClF4O2/c17-10-5-3-1-2-4-6-11-23-15(22)12-8-7-9-13(14(12)18)16(19,20)21/h7-9H,1-6,10-11H2. The van der Waals surface area contributed by atoms with Gasteiger partial charge in [-0.25, -0.2) is 9.18 Å². The number of hydrogen-bond acceptors (Lipinski definition) is 2. The van der Waals surface area contributed by atoms with Crippen LogP contribution in [-0.2, 0) is 10.9 Å². The molecule has 0 saturated carbocycles. The lowest BCUT2D eigenvalue weighted by Crippen LogP contribution is -2.14. The maximum atomic E-state index is 13.7. The van der Waals surface area contributed by atoms with Crippen molar-refractivity contribution >= 4 is 17.6 Å². The van der Waals surface area contributed by atoms with E-state index in [0.29, 0.717) is 18.4 Å². The van der Waals surface area contributed by atoms with E-state index in [1.807, 2.05) is 0 Å². The number of ether oxygens (including phenoxy) is 1. The molecule has 2 nitrogen and oxygen atoms in total. The van der Waals surface area contributed by atoms with Crippen LogP contribution in [0.15, 0.2) is 18.2 Å². The molecule has 23 heavy (non-hydrogen) atoms. The topological polar surface area (TPSA) is 26.3 Å². The second-order valence-corrected chi connectivity index (χ2v) is 5.49. The molecule has 1 rings (SSSR count). The van der Waals surface area contributed by atoms with E-state index in [1.54, 1.807) is 0 Å². The minimum atomic E-state index is -4.84. The highest BCUT2D eigenvalue weighted by atomic mass is 35.5. The van der Waals surface area contributed by atoms with Crippen molar-refractivity contribution < 1.29 is 27.1 Å². The number of alkyl halides is 4. The van der Waals surface area contributed by atoms with Crippen molar-refractivity contribution in [1.29, 1.82) is 0 Å². The minimum Gasteiger partial charge on any atom is -0.462 e. The van der Waals surface area contributed by atoms with Crippen molar-refractivity contribution in [2.75, 3.05) is 12.5 Å². The number of unbranched alkanes of at least 4 members (excludes halogenated alkanes) is 5. The number of halogens is 5. The first kappa shape index (κ1) is 19.7. The molecular weight excluding hydrogens is 336 g/mol. The van der Waals surface area contributed by atoms with Crippen molar-refractivity contribution in [2.24, 2.45) is 0 Å². The summed E-state index contributed by atoms with van der Waals surface area (Å²) in [6.07, 6.45) is 0.580. The van der Waals surface area contributed by atoms with Gasteiger partial charge in [-0.15, -0.1) is 11.6 Å².